The van der Waals surface area contributed by atoms with Crippen molar-refractivity contribution in [2.75, 3.05) is 26.3 Å². The molecule has 26 heavy (non-hydrogen) atoms. The van der Waals surface area contributed by atoms with E-state index < -0.39 is 0 Å². The van der Waals surface area contributed by atoms with Crippen molar-refractivity contribution in [3.8, 4) is 0 Å². The van der Waals surface area contributed by atoms with Crippen molar-refractivity contribution in [3.05, 3.63) is 63.1 Å². The molecule has 2 aromatic carbocycles. The van der Waals surface area contributed by atoms with Crippen LogP contribution in [0.5, 0.6) is 0 Å². The van der Waals surface area contributed by atoms with Crippen molar-refractivity contribution in [2.45, 2.75) is 9.79 Å². The number of hydrogen-bond donors (Lipinski definition) is 0. The molecule has 0 unspecified atom stereocenters. The molecule has 3 nitrogen and oxygen atoms in total. The lowest BCUT2D eigenvalue weighted by Crippen LogP contribution is -2.39. The number of nitrogens with zero attached hydrogens (tertiary/aromatic N) is 1. The Bertz CT molecular complexity index is 836. The Morgan fingerprint density at radius 3 is 2.31 bits per heavy atom. The third-order valence-electron chi connectivity index (χ3n) is 3.81. The third kappa shape index (κ3) is 5.18. The van der Waals surface area contributed by atoms with E-state index in [2.05, 4.69) is 0 Å². The Morgan fingerprint density at radius 1 is 1.00 bits per heavy atom. The average molecular weight is 429 g/mol. The van der Waals surface area contributed by atoms with E-state index in [0.29, 0.717) is 41.4 Å². The van der Waals surface area contributed by atoms with E-state index in [9.17, 15) is 4.79 Å². The second-order valence-electron chi connectivity index (χ2n) is 5.64. The van der Waals surface area contributed by atoms with E-state index in [0.717, 1.165) is 15.4 Å². The van der Waals surface area contributed by atoms with Gasteiger partial charge in [-0.2, -0.15) is 0 Å². The Hall–Kier alpha value is -1.17. The van der Waals surface area contributed by atoms with Gasteiger partial charge in [0.15, 0.2) is 0 Å². The van der Waals surface area contributed by atoms with Crippen LogP contribution in [0.4, 0.5) is 0 Å². The molecule has 0 saturated carbocycles. The van der Waals surface area contributed by atoms with Crippen molar-refractivity contribution in [1.82, 2.24) is 4.90 Å². The first-order valence-electron chi connectivity index (χ1n) is 8.00. The highest BCUT2D eigenvalue weighted by Gasteiger charge is 2.14. The summed E-state index contributed by atoms with van der Waals surface area (Å²) in [6.07, 6.45) is 3.34. The van der Waals surface area contributed by atoms with Crippen LogP contribution >= 0.6 is 46.6 Å². The number of carbonyl (C=O) groups excluding carboxylic acids is 1. The molecule has 1 aliphatic rings. The van der Waals surface area contributed by atoms with Crippen LogP contribution in [0.15, 0.2) is 52.3 Å². The number of benzene rings is 2. The summed E-state index contributed by atoms with van der Waals surface area (Å²) in [6.45, 7) is 2.43. The quantitative estimate of drug-likeness (QED) is 0.588. The standard InChI is InChI=1S/C19H16Cl3NO2S/c20-14-3-5-18(16(22)12-14)26-17-4-1-13(11-15(17)21)2-6-19(24)23-7-9-25-10-8-23/h1-6,11-12H,7-10H2/b6-2+. The fourth-order valence-electron chi connectivity index (χ4n) is 2.44. The molecule has 1 amide bonds. The molecule has 0 spiro atoms. The van der Waals surface area contributed by atoms with Crippen LogP contribution in [-0.2, 0) is 9.53 Å². The van der Waals surface area contributed by atoms with Crippen LogP contribution in [0, 0.1) is 0 Å². The van der Waals surface area contributed by atoms with Gasteiger partial charge in [-0.3, -0.25) is 4.79 Å². The van der Waals surface area contributed by atoms with E-state index >= 15 is 0 Å². The third-order valence-corrected chi connectivity index (χ3v) is 6.05. The maximum Gasteiger partial charge on any atom is 0.246 e. The molecule has 0 atom stereocenters. The summed E-state index contributed by atoms with van der Waals surface area (Å²) in [5.74, 6) is -0.0178. The number of carbonyl (C=O) groups is 1. The summed E-state index contributed by atoms with van der Waals surface area (Å²) < 4.78 is 5.25. The minimum Gasteiger partial charge on any atom is -0.378 e. The van der Waals surface area contributed by atoms with Gasteiger partial charge in [-0.25, -0.2) is 0 Å². The molecule has 2 aromatic rings. The maximum absolute atomic E-state index is 12.2. The molecule has 0 N–H and O–H groups in total. The molecular formula is C19H16Cl3NO2S. The van der Waals surface area contributed by atoms with Crippen LogP contribution in [0.25, 0.3) is 6.08 Å². The summed E-state index contributed by atoms with van der Waals surface area (Å²) in [6, 6.07) is 11.0. The molecule has 1 fully saturated rings. The van der Waals surface area contributed by atoms with Crippen LogP contribution in [0.2, 0.25) is 15.1 Å². The van der Waals surface area contributed by atoms with Crippen LogP contribution in [-0.4, -0.2) is 37.1 Å². The van der Waals surface area contributed by atoms with Crippen molar-refractivity contribution >= 4 is 58.5 Å². The molecule has 0 aromatic heterocycles. The minimum absolute atomic E-state index is 0.0178. The highest BCUT2D eigenvalue weighted by molar-refractivity contribution is 7.99. The second-order valence-corrected chi connectivity index (χ2v) is 7.97. The summed E-state index contributed by atoms with van der Waals surface area (Å²) >= 11 is 20.0. The van der Waals surface area contributed by atoms with Gasteiger partial charge in [-0.15, -0.1) is 0 Å². The maximum atomic E-state index is 12.2. The molecular weight excluding hydrogens is 413 g/mol. The van der Waals surface area contributed by atoms with Gasteiger partial charge >= 0.3 is 0 Å². The van der Waals surface area contributed by atoms with E-state index in [4.69, 9.17) is 39.5 Å². The van der Waals surface area contributed by atoms with Crippen molar-refractivity contribution in [3.63, 3.8) is 0 Å². The zero-order valence-electron chi connectivity index (χ0n) is 13.8. The largest absolute Gasteiger partial charge is 0.378 e. The van der Waals surface area contributed by atoms with E-state index in [1.165, 1.54) is 11.8 Å². The topological polar surface area (TPSA) is 29.5 Å². The van der Waals surface area contributed by atoms with Gasteiger partial charge < -0.3 is 9.64 Å². The lowest BCUT2D eigenvalue weighted by atomic mass is 10.2. The zero-order chi connectivity index (χ0) is 18.5. The fraction of sp³-hybridized carbons (Fsp3) is 0.211. The molecule has 0 aliphatic carbocycles. The van der Waals surface area contributed by atoms with Crippen molar-refractivity contribution in [1.29, 1.82) is 0 Å². The first-order valence-corrected chi connectivity index (χ1v) is 9.95. The monoisotopic (exact) mass is 427 g/mol. The van der Waals surface area contributed by atoms with Gasteiger partial charge in [-0.05, 0) is 42.0 Å². The number of amides is 1. The average Bonchev–Trinajstić information content (AvgIpc) is 2.64. The first kappa shape index (κ1) is 19.6. The molecule has 1 aliphatic heterocycles. The zero-order valence-corrected chi connectivity index (χ0v) is 16.8. The van der Waals surface area contributed by atoms with E-state index in [1.807, 2.05) is 24.3 Å². The van der Waals surface area contributed by atoms with Gasteiger partial charge in [0.1, 0.15) is 0 Å². The number of morpholine rings is 1. The number of halogens is 3. The Labute approximate surface area is 171 Å². The normalized spacial score (nSPS) is 14.8. The molecule has 0 radical (unpaired) electrons. The smallest absolute Gasteiger partial charge is 0.246 e. The summed E-state index contributed by atoms with van der Waals surface area (Å²) in [5.41, 5.74) is 0.864. The van der Waals surface area contributed by atoms with Crippen LogP contribution in [0.3, 0.4) is 0 Å². The SMILES string of the molecule is O=C(/C=C/c1ccc(Sc2ccc(Cl)cc2Cl)c(Cl)c1)N1CCOCC1. The van der Waals surface area contributed by atoms with E-state index in [-0.39, 0.29) is 5.91 Å². The number of rotatable bonds is 4. The molecule has 7 heteroatoms. The number of hydrogen-bond acceptors (Lipinski definition) is 3. The fourth-order valence-corrected chi connectivity index (χ4v) is 4.09. The molecule has 136 valence electrons. The van der Waals surface area contributed by atoms with Gasteiger partial charge in [0.05, 0.1) is 23.3 Å². The Morgan fingerprint density at radius 2 is 1.65 bits per heavy atom. The highest BCUT2D eigenvalue weighted by atomic mass is 35.5. The predicted molar refractivity (Wildman–Crippen MR) is 108 cm³/mol. The van der Waals surface area contributed by atoms with Crippen molar-refractivity contribution in [2.24, 2.45) is 0 Å². The second kappa shape index (κ2) is 9.16. The van der Waals surface area contributed by atoms with Crippen molar-refractivity contribution < 1.29 is 9.53 Å². The summed E-state index contributed by atoms with van der Waals surface area (Å²) in [7, 11) is 0. The van der Waals surface area contributed by atoms with Gasteiger partial charge in [0, 0.05) is 34.0 Å². The molecule has 1 heterocycles. The first-order chi connectivity index (χ1) is 12.5. The van der Waals surface area contributed by atoms with Crippen LogP contribution in [0.1, 0.15) is 5.56 Å². The molecule has 1 saturated heterocycles. The highest BCUT2D eigenvalue weighted by Crippen LogP contribution is 2.38. The summed E-state index contributed by atoms with van der Waals surface area (Å²) in [5, 5.41) is 1.77. The molecule has 3 rings (SSSR count). The minimum atomic E-state index is -0.0178. The summed E-state index contributed by atoms with van der Waals surface area (Å²) in [4.78, 5) is 15.7. The Kier molecular flexibility index (Phi) is 6.90. The number of ether oxygens (including phenoxy) is 1. The molecule has 0 bridgehead atoms. The van der Waals surface area contributed by atoms with Gasteiger partial charge in [-0.1, -0.05) is 52.6 Å². The lowest BCUT2D eigenvalue weighted by Gasteiger charge is -2.25. The van der Waals surface area contributed by atoms with Gasteiger partial charge in [0.2, 0.25) is 5.91 Å². The Balaban J connectivity index is 1.68. The lowest BCUT2D eigenvalue weighted by molar-refractivity contribution is -0.129. The van der Waals surface area contributed by atoms with E-state index in [1.54, 1.807) is 29.2 Å². The van der Waals surface area contributed by atoms with Crippen LogP contribution < -0.4 is 0 Å². The predicted octanol–water partition coefficient (Wildman–Crippen LogP) is 5.67. The van der Waals surface area contributed by atoms with Gasteiger partial charge in [0.25, 0.3) is 0 Å².